The smallest absolute Gasteiger partial charge is 0.262 e. The van der Waals surface area contributed by atoms with Gasteiger partial charge in [0.05, 0.1) is 23.4 Å². The van der Waals surface area contributed by atoms with Gasteiger partial charge in [-0.1, -0.05) is 0 Å². The van der Waals surface area contributed by atoms with E-state index in [0.29, 0.717) is 23.6 Å². The summed E-state index contributed by atoms with van der Waals surface area (Å²) in [6, 6.07) is 4.62. The molecule has 0 saturated carbocycles. The van der Waals surface area contributed by atoms with Gasteiger partial charge in [0.15, 0.2) is 0 Å². The number of aryl methyl sites for hydroxylation is 1. The van der Waals surface area contributed by atoms with Crippen LogP contribution in [-0.2, 0) is 23.6 Å². The summed E-state index contributed by atoms with van der Waals surface area (Å²) in [5.74, 6) is 0.598. The second kappa shape index (κ2) is 6.15. The molecule has 0 aliphatic carbocycles. The van der Waals surface area contributed by atoms with Crippen LogP contribution in [0.25, 0.3) is 0 Å². The van der Waals surface area contributed by atoms with Gasteiger partial charge in [0.2, 0.25) is 0 Å². The zero-order valence-corrected chi connectivity index (χ0v) is 12.7. The number of sulfonamides is 1. The number of nitrogens with zero attached hydrogens (tertiary/aromatic N) is 2. The summed E-state index contributed by atoms with van der Waals surface area (Å²) in [6.07, 6.45) is 3.02. The lowest BCUT2D eigenvalue weighted by atomic mass is 10.2. The van der Waals surface area contributed by atoms with Gasteiger partial charge in [-0.15, -0.1) is 0 Å². The fourth-order valence-corrected chi connectivity index (χ4v) is 2.94. The second-order valence-electron chi connectivity index (χ2n) is 4.41. The van der Waals surface area contributed by atoms with Gasteiger partial charge in [-0.25, -0.2) is 8.42 Å². The highest BCUT2D eigenvalue weighted by Gasteiger charge is 2.17. The molecule has 21 heavy (non-hydrogen) atoms. The number of aromatic nitrogens is 2. The minimum absolute atomic E-state index is 0.134. The van der Waals surface area contributed by atoms with Crippen LogP contribution >= 0.6 is 0 Å². The summed E-state index contributed by atoms with van der Waals surface area (Å²) in [4.78, 5) is 0.134. The van der Waals surface area contributed by atoms with Crippen LogP contribution in [0.3, 0.4) is 0 Å². The summed E-state index contributed by atoms with van der Waals surface area (Å²) in [6.45, 7) is 2.55. The lowest BCUT2D eigenvalue weighted by Crippen LogP contribution is -2.13. The monoisotopic (exact) mass is 310 g/mol. The van der Waals surface area contributed by atoms with E-state index < -0.39 is 10.0 Å². The zero-order chi connectivity index (χ0) is 15.5. The Morgan fingerprint density at radius 3 is 2.76 bits per heavy atom. The number of benzene rings is 1. The molecule has 2 aromatic rings. The topological polar surface area (TPSA) is 99.2 Å². The molecule has 0 spiro atoms. The molecule has 7 nitrogen and oxygen atoms in total. The highest BCUT2D eigenvalue weighted by Crippen LogP contribution is 2.23. The average Bonchev–Trinajstić information content (AvgIpc) is 2.84. The van der Waals surface area contributed by atoms with Crippen molar-refractivity contribution in [2.24, 2.45) is 12.8 Å². The van der Waals surface area contributed by atoms with Gasteiger partial charge in [-0.3, -0.25) is 9.40 Å². The zero-order valence-electron chi connectivity index (χ0n) is 11.9. The van der Waals surface area contributed by atoms with Gasteiger partial charge in [0, 0.05) is 25.4 Å². The van der Waals surface area contributed by atoms with Crippen molar-refractivity contribution in [3.8, 4) is 5.75 Å². The maximum absolute atomic E-state index is 12.3. The minimum atomic E-state index is -3.68. The number of ether oxygens (including phenoxy) is 1. The molecule has 0 amide bonds. The number of hydrogen-bond acceptors (Lipinski definition) is 5. The number of anilines is 1. The van der Waals surface area contributed by atoms with Gasteiger partial charge < -0.3 is 10.5 Å². The molecule has 0 radical (unpaired) electrons. The van der Waals surface area contributed by atoms with Crippen LogP contribution in [-0.4, -0.2) is 24.8 Å². The van der Waals surface area contributed by atoms with E-state index in [4.69, 9.17) is 10.5 Å². The Kier molecular flexibility index (Phi) is 4.49. The lowest BCUT2D eigenvalue weighted by Gasteiger charge is -2.11. The van der Waals surface area contributed by atoms with Gasteiger partial charge in [-0.2, -0.15) is 5.10 Å². The summed E-state index contributed by atoms with van der Waals surface area (Å²) in [7, 11) is -1.97. The Balaban J connectivity index is 2.31. The Morgan fingerprint density at radius 1 is 1.43 bits per heavy atom. The molecule has 1 heterocycles. The lowest BCUT2D eigenvalue weighted by molar-refractivity contribution is 0.336. The Hall–Kier alpha value is -2.06. The number of nitrogens with two attached hydrogens (primary N) is 1. The molecular weight excluding hydrogens is 292 g/mol. The van der Waals surface area contributed by atoms with Gasteiger partial charge >= 0.3 is 0 Å². The molecule has 2 rings (SSSR count). The molecule has 0 unspecified atom stereocenters. The van der Waals surface area contributed by atoms with Crippen LogP contribution in [0.5, 0.6) is 5.75 Å². The predicted octanol–water partition coefficient (Wildman–Crippen LogP) is 1.08. The largest absolute Gasteiger partial charge is 0.494 e. The molecule has 8 heteroatoms. The van der Waals surface area contributed by atoms with Crippen LogP contribution in [0.1, 0.15) is 12.5 Å². The van der Waals surface area contributed by atoms with Crippen molar-refractivity contribution in [2.75, 3.05) is 11.3 Å². The SMILES string of the molecule is CCOc1ccc(S(=O)(=O)Nc2cnn(C)c2)cc1CN. The first kappa shape index (κ1) is 15.3. The summed E-state index contributed by atoms with van der Waals surface area (Å²) < 4.78 is 34.0. The first-order chi connectivity index (χ1) is 9.96. The second-order valence-corrected chi connectivity index (χ2v) is 6.10. The molecule has 0 saturated heterocycles. The molecule has 114 valence electrons. The van der Waals surface area contributed by atoms with E-state index in [2.05, 4.69) is 9.82 Å². The first-order valence-corrected chi connectivity index (χ1v) is 7.92. The van der Waals surface area contributed by atoms with Crippen LogP contribution in [0.4, 0.5) is 5.69 Å². The van der Waals surface area contributed by atoms with Crippen LogP contribution in [0.15, 0.2) is 35.5 Å². The van der Waals surface area contributed by atoms with Crippen molar-refractivity contribution < 1.29 is 13.2 Å². The molecule has 0 fully saturated rings. The molecule has 0 aliphatic heterocycles. The van der Waals surface area contributed by atoms with Crippen molar-refractivity contribution in [1.82, 2.24) is 9.78 Å². The highest BCUT2D eigenvalue weighted by atomic mass is 32.2. The molecule has 1 aromatic heterocycles. The minimum Gasteiger partial charge on any atom is -0.494 e. The van der Waals surface area contributed by atoms with Crippen LogP contribution < -0.4 is 15.2 Å². The van der Waals surface area contributed by atoms with Gasteiger partial charge in [0.1, 0.15) is 5.75 Å². The van der Waals surface area contributed by atoms with E-state index in [1.165, 1.54) is 23.0 Å². The van der Waals surface area contributed by atoms with Crippen molar-refractivity contribution in [1.29, 1.82) is 0 Å². The third kappa shape index (κ3) is 3.53. The molecular formula is C13H18N4O3S. The molecule has 1 aromatic carbocycles. The van der Waals surface area contributed by atoms with Crippen molar-refractivity contribution in [3.05, 3.63) is 36.2 Å². The van der Waals surface area contributed by atoms with Gasteiger partial charge in [0.25, 0.3) is 10.0 Å². The van der Waals surface area contributed by atoms with Crippen molar-refractivity contribution in [3.63, 3.8) is 0 Å². The maximum atomic E-state index is 12.3. The standard InChI is InChI=1S/C13H18N4O3S/c1-3-20-13-5-4-12(6-10(13)7-14)21(18,19)16-11-8-15-17(2)9-11/h4-6,8-9,16H,3,7,14H2,1-2H3. The van der Waals surface area contributed by atoms with E-state index in [9.17, 15) is 8.42 Å². The van der Waals surface area contributed by atoms with E-state index in [1.807, 2.05) is 6.92 Å². The van der Waals surface area contributed by atoms with E-state index in [-0.39, 0.29) is 11.4 Å². The average molecular weight is 310 g/mol. The van der Waals surface area contributed by atoms with Gasteiger partial charge in [-0.05, 0) is 25.1 Å². The summed E-state index contributed by atoms with van der Waals surface area (Å²) in [5, 5.41) is 3.92. The third-order valence-electron chi connectivity index (χ3n) is 2.82. The van der Waals surface area contributed by atoms with Crippen LogP contribution in [0, 0.1) is 0 Å². The fourth-order valence-electron chi connectivity index (χ4n) is 1.87. The maximum Gasteiger partial charge on any atom is 0.262 e. The van der Waals surface area contributed by atoms with E-state index in [0.717, 1.165) is 0 Å². The number of hydrogen-bond donors (Lipinski definition) is 2. The van der Waals surface area contributed by atoms with Crippen LogP contribution in [0.2, 0.25) is 0 Å². The first-order valence-electron chi connectivity index (χ1n) is 6.43. The molecule has 0 bridgehead atoms. The highest BCUT2D eigenvalue weighted by molar-refractivity contribution is 7.92. The predicted molar refractivity (Wildman–Crippen MR) is 79.5 cm³/mol. The fraction of sp³-hybridized carbons (Fsp3) is 0.308. The Morgan fingerprint density at radius 2 is 2.19 bits per heavy atom. The summed E-state index contributed by atoms with van der Waals surface area (Å²) in [5.41, 5.74) is 6.69. The Bertz CT molecular complexity index is 725. The molecule has 0 atom stereocenters. The normalized spacial score (nSPS) is 11.4. The number of nitrogens with one attached hydrogen (secondary N) is 1. The molecule has 3 N–H and O–H groups in total. The summed E-state index contributed by atoms with van der Waals surface area (Å²) >= 11 is 0. The van der Waals surface area contributed by atoms with Crippen molar-refractivity contribution in [2.45, 2.75) is 18.4 Å². The Labute approximate surface area is 123 Å². The van der Waals surface area contributed by atoms with E-state index in [1.54, 1.807) is 19.3 Å². The molecule has 0 aliphatic rings. The third-order valence-corrected chi connectivity index (χ3v) is 4.20. The van der Waals surface area contributed by atoms with Crippen molar-refractivity contribution >= 4 is 15.7 Å². The quantitative estimate of drug-likeness (QED) is 0.831. The number of rotatable bonds is 6. The van der Waals surface area contributed by atoms with E-state index >= 15 is 0 Å².